The summed E-state index contributed by atoms with van der Waals surface area (Å²) in [6, 6.07) is 12.7. The minimum atomic E-state index is -0.220. The normalized spacial score (nSPS) is 9.62. The summed E-state index contributed by atoms with van der Waals surface area (Å²) in [7, 11) is 0. The smallest absolute Gasteiger partial charge is 0.257 e. The Morgan fingerprint density at radius 1 is 1.24 bits per heavy atom. The van der Waals surface area contributed by atoms with Crippen LogP contribution in [0.2, 0.25) is 0 Å². The van der Waals surface area contributed by atoms with E-state index in [1.54, 1.807) is 24.3 Å². The molecule has 106 valence electrons. The van der Waals surface area contributed by atoms with E-state index in [0.29, 0.717) is 17.1 Å². The maximum Gasteiger partial charge on any atom is 0.257 e. The highest BCUT2D eigenvalue weighted by Crippen LogP contribution is 2.12. The van der Waals surface area contributed by atoms with E-state index in [1.807, 2.05) is 25.1 Å². The number of aliphatic hydroxyl groups is 1. The number of aryl methyl sites for hydroxylation is 1. The average molecular weight is 280 g/mol. The SMILES string of the molecule is CCc1ccccc1C(=O)Nc1cccc(C#CCO)n1. The fourth-order valence-electron chi connectivity index (χ4n) is 1.94. The number of amides is 1. The van der Waals surface area contributed by atoms with Gasteiger partial charge in [0.05, 0.1) is 0 Å². The number of nitrogens with one attached hydrogen (secondary N) is 1. The highest BCUT2D eigenvalue weighted by Gasteiger charge is 2.10. The van der Waals surface area contributed by atoms with Crippen LogP contribution in [-0.2, 0) is 6.42 Å². The van der Waals surface area contributed by atoms with Gasteiger partial charge in [0.2, 0.25) is 0 Å². The lowest BCUT2D eigenvalue weighted by atomic mass is 10.0. The largest absolute Gasteiger partial charge is 0.384 e. The molecule has 0 atom stereocenters. The van der Waals surface area contributed by atoms with Gasteiger partial charge >= 0.3 is 0 Å². The molecule has 0 saturated heterocycles. The third-order valence-electron chi connectivity index (χ3n) is 2.93. The second-order valence-electron chi connectivity index (χ2n) is 4.33. The Balaban J connectivity index is 2.20. The van der Waals surface area contributed by atoms with Crippen molar-refractivity contribution >= 4 is 11.7 Å². The summed E-state index contributed by atoms with van der Waals surface area (Å²) in [6.45, 7) is 1.79. The monoisotopic (exact) mass is 280 g/mol. The van der Waals surface area contributed by atoms with Gasteiger partial charge in [-0.25, -0.2) is 4.98 Å². The lowest BCUT2D eigenvalue weighted by molar-refractivity contribution is 0.102. The maximum atomic E-state index is 12.3. The Kier molecular flexibility index (Phi) is 5.08. The van der Waals surface area contributed by atoms with E-state index in [0.717, 1.165) is 12.0 Å². The third kappa shape index (κ3) is 3.91. The van der Waals surface area contributed by atoms with Crippen molar-refractivity contribution in [2.75, 3.05) is 11.9 Å². The zero-order valence-corrected chi connectivity index (χ0v) is 11.8. The zero-order chi connectivity index (χ0) is 15.1. The molecule has 0 saturated carbocycles. The quantitative estimate of drug-likeness (QED) is 0.848. The number of hydrogen-bond donors (Lipinski definition) is 2. The summed E-state index contributed by atoms with van der Waals surface area (Å²) >= 11 is 0. The van der Waals surface area contributed by atoms with Crippen molar-refractivity contribution in [3.63, 3.8) is 0 Å². The van der Waals surface area contributed by atoms with Gasteiger partial charge in [-0.2, -0.15) is 0 Å². The van der Waals surface area contributed by atoms with Crippen molar-refractivity contribution in [2.45, 2.75) is 13.3 Å². The third-order valence-corrected chi connectivity index (χ3v) is 2.93. The molecule has 4 heteroatoms. The fourth-order valence-corrected chi connectivity index (χ4v) is 1.94. The molecule has 0 radical (unpaired) electrons. The van der Waals surface area contributed by atoms with Crippen molar-refractivity contribution in [3.05, 3.63) is 59.3 Å². The van der Waals surface area contributed by atoms with Crippen molar-refractivity contribution in [3.8, 4) is 11.8 Å². The summed E-state index contributed by atoms with van der Waals surface area (Å²) in [5.41, 5.74) is 2.14. The molecule has 0 aliphatic heterocycles. The highest BCUT2D eigenvalue weighted by atomic mass is 16.2. The Bertz CT molecular complexity index is 699. The summed E-state index contributed by atoms with van der Waals surface area (Å²) in [6.07, 6.45) is 0.791. The molecule has 0 unspecified atom stereocenters. The second kappa shape index (κ2) is 7.22. The molecule has 2 N–H and O–H groups in total. The predicted octanol–water partition coefficient (Wildman–Crippen LogP) is 2.24. The molecule has 1 amide bonds. The number of aliphatic hydroxyl groups excluding tert-OH is 1. The molecule has 0 fully saturated rings. The van der Waals surface area contributed by atoms with E-state index >= 15 is 0 Å². The fraction of sp³-hybridized carbons (Fsp3) is 0.176. The average Bonchev–Trinajstić information content (AvgIpc) is 2.53. The van der Waals surface area contributed by atoms with Crippen LogP contribution in [0.5, 0.6) is 0 Å². The Hall–Kier alpha value is -2.64. The van der Waals surface area contributed by atoms with Gasteiger partial charge in [0.1, 0.15) is 18.1 Å². The molecule has 1 heterocycles. The number of carbonyl (C=O) groups excluding carboxylic acids is 1. The lowest BCUT2D eigenvalue weighted by Crippen LogP contribution is -2.15. The Labute approximate surface area is 123 Å². The number of nitrogens with zero attached hydrogens (tertiary/aromatic N) is 1. The predicted molar refractivity (Wildman–Crippen MR) is 82.0 cm³/mol. The number of carbonyl (C=O) groups is 1. The van der Waals surface area contributed by atoms with Crippen LogP contribution in [0.4, 0.5) is 5.82 Å². The van der Waals surface area contributed by atoms with E-state index in [4.69, 9.17) is 5.11 Å². The number of pyridine rings is 1. The first-order valence-corrected chi connectivity index (χ1v) is 6.70. The molecular formula is C17H16N2O2. The standard InChI is InChI=1S/C17H16N2O2/c1-2-13-7-3-4-10-15(13)17(21)19-16-11-5-8-14(18-16)9-6-12-20/h3-5,7-8,10-11,20H,2,12H2,1H3,(H,18,19,21). The first-order valence-electron chi connectivity index (χ1n) is 6.70. The summed E-state index contributed by atoms with van der Waals surface area (Å²) in [5, 5.41) is 11.4. The van der Waals surface area contributed by atoms with Gasteiger partial charge in [-0.1, -0.05) is 37.1 Å². The van der Waals surface area contributed by atoms with E-state index in [-0.39, 0.29) is 12.5 Å². The van der Waals surface area contributed by atoms with Crippen LogP contribution >= 0.6 is 0 Å². The molecule has 21 heavy (non-hydrogen) atoms. The van der Waals surface area contributed by atoms with Gasteiger partial charge in [-0.3, -0.25) is 4.79 Å². The Morgan fingerprint density at radius 3 is 2.81 bits per heavy atom. The van der Waals surface area contributed by atoms with Crippen LogP contribution in [0.25, 0.3) is 0 Å². The molecule has 2 aromatic rings. The molecule has 1 aromatic carbocycles. The van der Waals surface area contributed by atoms with Crippen molar-refractivity contribution in [1.82, 2.24) is 4.98 Å². The second-order valence-corrected chi connectivity index (χ2v) is 4.33. The van der Waals surface area contributed by atoms with E-state index in [9.17, 15) is 4.79 Å². The van der Waals surface area contributed by atoms with Crippen LogP contribution in [0.3, 0.4) is 0 Å². The first kappa shape index (κ1) is 14.8. The van der Waals surface area contributed by atoms with E-state index < -0.39 is 0 Å². The number of aromatic nitrogens is 1. The minimum absolute atomic E-state index is 0.188. The van der Waals surface area contributed by atoms with Crippen molar-refractivity contribution in [1.29, 1.82) is 0 Å². The van der Waals surface area contributed by atoms with E-state index in [2.05, 4.69) is 22.1 Å². The van der Waals surface area contributed by atoms with Gasteiger partial charge in [0.15, 0.2) is 0 Å². The number of rotatable bonds is 3. The minimum Gasteiger partial charge on any atom is -0.384 e. The zero-order valence-electron chi connectivity index (χ0n) is 11.8. The molecule has 2 rings (SSSR count). The van der Waals surface area contributed by atoms with Crippen molar-refractivity contribution in [2.24, 2.45) is 0 Å². The van der Waals surface area contributed by atoms with Gasteiger partial charge in [0.25, 0.3) is 5.91 Å². The van der Waals surface area contributed by atoms with Gasteiger partial charge < -0.3 is 10.4 Å². The number of anilines is 1. The van der Waals surface area contributed by atoms with Gasteiger partial charge in [-0.05, 0) is 36.1 Å². The summed E-state index contributed by atoms with van der Waals surface area (Å²) < 4.78 is 0. The van der Waals surface area contributed by atoms with Crippen LogP contribution in [0.15, 0.2) is 42.5 Å². The molecule has 0 aliphatic carbocycles. The molecule has 0 bridgehead atoms. The molecule has 4 nitrogen and oxygen atoms in total. The topological polar surface area (TPSA) is 62.2 Å². The molecule has 0 aliphatic rings. The highest BCUT2D eigenvalue weighted by molar-refractivity contribution is 6.04. The van der Waals surface area contributed by atoms with Crippen LogP contribution in [0, 0.1) is 11.8 Å². The van der Waals surface area contributed by atoms with Crippen LogP contribution in [-0.4, -0.2) is 22.6 Å². The number of benzene rings is 1. The number of hydrogen-bond acceptors (Lipinski definition) is 3. The van der Waals surface area contributed by atoms with Gasteiger partial charge in [0, 0.05) is 5.56 Å². The van der Waals surface area contributed by atoms with Gasteiger partial charge in [-0.15, -0.1) is 0 Å². The van der Waals surface area contributed by atoms with Crippen LogP contribution < -0.4 is 5.32 Å². The summed E-state index contributed by atoms with van der Waals surface area (Å²) in [4.78, 5) is 16.5. The Morgan fingerprint density at radius 2 is 2.05 bits per heavy atom. The molecular weight excluding hydrogens is 264 g/mol. The summed E-state index contributed by atoms with van der Waals surface area (Å²) in [5.74, 6) is 5.49. The molecule has 0 spiro atoms. The van der Waals surface area contributed by atoms with E-state index in [1.165, 1.54) is 0 Å². The first-order chi connectivity index (χ1) is 10.2. The lowest BCUT2D eigenvalue weighted by Gasteiger charge is -2.08. The maximum absolute atomic E-state index is 12.3. The van der Waals surface area contributed by atoms with Crippen molar-refractivity contribution < 1.29 is 9.90 Å². The van der Waals surface area contributed by atoms with Crippen LogP contribution in [0.1, 0.15) is 28.5 Å². The molecule has 1 aromatic heterocycles.